The van der Waals surface area contributed by atoms with Crippen LogP contribution in [0.1, 0.15) is 33.3 Å². The van der Waals surface area contributed by atoms with Crippen LogP contribution in [0.15, 0.2) is 17.4 Å². The summed E-state index contributed by atoms with van der Waals surface area (Å²) in [7, 11) is 1.84. The fourth-order valence-corrected chi connectivity index (χ4v) is 3.26. The molecule has 3 N–H and O–H groups in total. The first-order chi connectivity index (χ1) is 12.9. The van der Waals surface area contributed by atoms with E-state index in [0.29, 0.717) is 6.04 Å². The second-order valence-electron chi connectivity index (χ2n) is 7.57. The molecule has 0 spiro atoms. The average Bonchev–Trinajstić information content (AvgIpc) is 3.11. The van der Waals surface area contributed by atoms with Crippen LogP contribution in [-0.4, -0.2) is 89.0 Å². The number of hydrogen-bond acceptors (Lipinski definition) is 5. The monoisotopic (exact) mass is 507 g/mol. The maximum absolute atomic E-state index is 10.7. The van der Waals surface area contributed by atoms with Gasteiger partial charge in [0.15, 0.2) is 5.96 Å². The SMILES string of the molecule is CCNC(=NCC(C)(O)c1cnn(C)c1)NCC(C)N1CCN(CC)CC1.I. The smallest absolute Gasteiger partial charge is 0.191 e. The normalized spacial score (nSPS) is 19.6. The van der Waals surface area contributed by atoms with E-state index in [9.17, 15) is 5.11 Å². The summed E-state index contributed by atoms with van der Waals surface area (Å²) >= 11 is 0. The number of halogens is 1. The van der Waals surface area contributed by atoms with Gasteiger partial charge in [-0.25, -0.2) is 4.99 Å². The molecule has 0 aliphatic carbocycles. The summed E-state index contributed by atoms with van der Waals surface area (Å²) in [5.41, 5.74) is -0.273. The van der Waals surface area contributed by atoms with Crippen LogP contribution in [0.25, 0.3) is 0 Å². The molecule has 2 unspecified atom stereocenters. The minimum Gasteiger partial charge on any atom is -0.383 e. The van der Waals surface area contributed by atoms with Crippen molar-refractivity contribution >= 4 is 29.9 Å². The Hall–Kier alpha value is -0.910. The van der Waals surface area contributed by atoms with Gasteiger partial charge in [-0.2, -0.15) is 5.10 Å². The Morgan fingerprint density at radius 2 is 1.96 bits per heavy atom. The predicted molar refractivity (Wildman–Crippen MR) is 125 cm³/mol. The Morgan fingerprint density at radius 3 is 2.50 bits per heavy atom. The van der Waals surface area contributed by atoms with Crippen molar-refractivity contribution in [2.24, 2.45) is 12.0 Å². The number of nitrogens with zero attached hydrogens (tertiary/aromatic N) is 5. The molecule has 1 aromatic rings. The first kappa shape index (κ1) is 25.1. The van der Waals surface area contributed by atoms with E-state index in [1.165, 1.54) is 0 Å². The molecule has 2 heterocycles. The number of aryl methyl sites for hydroxylation is 1. The van der Waals surface area contributed by atoms with Crippen LogP contribution in [0, 0.1) is 0 Å². The highest BCUT2D eigenvalue weighted by Crippen LogP contribution is 2.19. The van der Waals surface area contributed by atoms with Crippen molar-refractivity contribution < 1.29 is 5.11 Å². The van der Waals surface area contributed by atoms with Crippen molar-refractivity contribution in [3.63, 3.8) is 0 Å². The summed E-state index contributed by atoms with van der Waals surface area (Å²) in [5, 5.41) is 21.5. The molecule has 1 aliphatic rings. The largest absolute Gasteiger partial charge is 0.383 e. The minimum atomic E-state index is -1.04. The van der Waals surface area contributed by atoms with Gasteiger partial charge in [0.25, 0.3) is 0 Å². The number of hydrogen-bond donors (Lipinski definition) is 3. The molecule has 0 radical (unpaired) electrons. The lowest BCUT2D eigenvalue weighted by Gasteiger charge is -2.37. The highest BCUT2D eigenvalue weighted by atomic mass is 127. The summed E-state index contributed by atoms with van der Waals surface area (Å²) in [5.74, 6) is 0.737. The van der Waals surface area contributed by atoms with Crippen molar-refractivity contribution in [1.29, 1.82) is 0 Å². The Balaban J connectivity index is 0.00000392. The number of nitrogens with one attached hydrogen (secondary N) is 2. The van der Waals surface area contributed by atoms with Crippen LogP contribution < -0.4 is 10.6 Å². The molecule has 0 amide bonds. The van der Waals surface area contributed by atoms with Gasteiger partial charge in [0.2, 0.25) is 0 Å². The summed E-state index contributed by atoms with van der Waals surface area (Å²) in [6, 6.07) is 0.437. The van der Waals surface area contributed by atoms with E-state index < -0.39 is 5.60 Å². The summed E-state index contributed by atoms with van der Waals surface area (Å²) in [6.07, 6.45) is 3.52. The van der Waals surface area contributed by atoms with Crippen LogP contribution in [0.3, 0.4) is 0 Å². The quantitative estimate of drug-likeness (QED) is 0.275. The van der Waals surface area contributed by atoms with Gasteiger partial charge in [-0.15, -0.1) is 24.0 Å². The van der Waals surface area contributed by atoms with E-state index in [2.05, 4.69) is 44.4 Å². The van der Waals surface area contributed by atoms with Gasteiger partial charge in [-0.3, -0.25) is 9.58 Å². The van der Waals surface area contributed by atoms with Gasteiger partial charge in [0, 0.05) is 64.1 Å². The van der Waals surface area contributed by atoms with Crippen molar-refractivity contribution in [2.45, 2.75) is 39.3 Å². The second kappa shape index (κ2) is 11.9. The summed E-state index contributed by atoms with van der Waals surface area (Å²) in [6.45, 7) is 15.8. The molecule has 1 aromatic heterocycles. The fraction of sp³-hybridized carbons (Fsp3) is 0.789. The fourth-order valence-electron chi connectivity index (χ4n) is 3.26. The van der Waals surface area contributed by atoms with Crippen molar-refractivity contribution in [3.05, 3.63) is 18.0 Å². The molecule has 28 heavy (non-hydrogen) atoms. The van der Waals surface area contributed by atoms with Gasteiger partial charge in [0.05, 0.1) is 12.7 Å². The Morgan fingerprint density at radius 1 is 1.29 bits per heavy atom. The zero-order valence-corrected chi connectivity index (χ0v) is 20.3. The molecular formula is C19H38IN7O. The lowest BCUT2D eigenvalue weighted by molar-refractivity contribution is 0.0671. The third-order valence-corrected chi connectivity index (χ3v) is 5.26. The Kier molecular flexibility index (Phi) is 10.7. The first-order valence-electron chi connectivity index (χ1n) is 10.1. The van der Waals surface area contributed by atoms with E-state index in [4.69, 9.17) is 0 Å². The van der Waals surface area contributed by atoms with Gasteiger partial charge in [0.1, 0.15) is 5.60 Å². The minimum absolute atomic E-state index is 0. The highest BCUT2D eigenvalue weighted by Gasteiger charge is 2.25. The highest BCUT2D eigenvalue weighted by molar-refractivity contribution is 14.0. The topological polar surface area (TPSA) is 80.9 Å². The molecule has 1 fully saturated rings. The average molecular weight is 507 g/mol. The van der Waals surface area contributed by atoms with E-state index in [1.54, 1.807) is 17.8 Å². The van der Waals surface area contributed by atoms with Crippen LogP contribution in [0.2, 0.25) is 0 Å². The van der Waals surface area contributed by atoms with E-state index in [0.717, 1.165) is 57.3 Å². The van der Waals surface area contributed by atoms with E-state index in [1.807, 2.05) is 20.2 Å². The number of guanidine groups is 1. The molecule has 2 atom stereocenters. The van der Waals surface area contributed by atoms with E-state index in [-0.39, 0.29) is 30.5 Å². The van der Waals surface area contributed by atoms with Gasteiger partial charge in [-0.1, -0.05) is 6.92 Å². The van der Waals surface area contributed by atoms with Crippen LogP contribution >= 0.6 is 24.0 Å². The molecular weight excluding hydrogens is 469 g/mol. The molecule has 162 valence electrons. The predicted octanol–water partition coefficient (Wildman–Crippen LogP) is 0.827. The van der Waals surface area contributed by atoms with Crippen molar-refractivity contribution in [1.82, 2.24) is 30.2 Å². The molecule has 8 nitrogen and oxygen atoms in total. The second-order valence-corrected chi connectivity index (χ2v) is 7.57. The van der Waals surface area contributed by atoms with Crippen molar-refractivity contribution in [2.75, 3.05) is 52.4 Å². The van der Waals surface area contributed by atoms with Gasteiger partial charge < -0.3 is 20.6 Å². The lowest BCUT2D eigenvalue weighted by atomic mass is 10.0. The number of rotatable bonds is 8. The maximum Gasteiger partial charge on any atom is 0.191 e. The third-order valence-electron chi connectivity index (χ3n) is 5.26. The van der Waals surface area contributed by atoms with Crippen LogP contribution in [0.5, 0.6) is 0 Å². The molecule has 1 saturated heterocycles. The number of aromatic nitrogens is 2. The molecule has 0 aromatic carbocycles. The molecule has 0 saturated carbocycles. The molecule has 1 aliphatic heterocycles. The number of aliphatic hydroxyl groups is 1. The van der Waals surface area contributed by atoms with E-state index >= 15 is 0 Å². The maximum atomic E-state index is 10.7. The van der Waals surface area contributed by atoms with Crippen LogP contribution in [0.4, 0.5) is 0 Å². The van der Waals surface area contributed by atoms with Crippen molar-refractivity contribution in [3.8, 4) is 0 Å². The van der Waals surface area contributed by atoms with Crippen LogP contribution in [-0.2, 0) is 12.6 Å². The number of aliphatic imine (C=N–C) groups is 1. The van der Waals surface area contributed by atoms with Gasteiger partial charge >= 0.3 is 0 Å². The summed E-state index contributed by atoms with van der Waals surface area (Å²) < 4.78 is 1.69. The Bertz CT molecular complexity index is 597. The molecule has 0 bridgehead atoms. The lowest BCUT2D eigenvalue weighted by Crippen LogP contribution is -2.53. The molecule has 9 heteroatoms. The number of piperazine rings is 1. The third kappa shape index (κ3) is 7.49. The zero-order chi connectivity index (χ0) is 19.9. The standard InChI is InChI=1S/C19H37N7O.HI/c1-6-20-18(22-15-19(4,27)17-13-23-24(5)14-17)21-12-16(3)26-10-8-25(7-2)9-11-26;/h13-14,16,27H,6-12,15H2,1-5H3,(H2,20,21,22);1H. The number of likely N-dealkylation sites (N-methyl/N-ethyl adjacent to an activating group) is 1. The molecule has 2 rings (SSSR count). The van der Waals surface area contributed by atoms with Gasteiger partial charge in [-0.05, 0) is 27.3 Å². The first-order valence-corrected chi connectivity index (χ1v) is 10.1. The Labute approximate surface area is 186 Å². The zero-order valence-electron chi connectivity index (χ0n) is 18.0. The summed E-state index contributed by atoms with van der Waals surface area (Å²) in [4.78, 5) is 9.60.